The summed E-state index contributed by atoms with van der Waals surface area (Å²) < 4.78 is 10.3. The minimum atomic E-state index is -0.483. The van der Waals surface area contributed by atoms with Crippen LogP contribution in [0, 0.1) is 0 Å². The van der Waals surface area contributed by atoms with Crippen LogP contribution in [-0.4, -0.2) is 61.7 Å². The second-order valence-corrected chi connectivity index (χ2v) is 9.00. The highest BCUT2D eigenvalue weighted by Gasteiger charge is 2.50. The summed E-state index contributed by atoms with van der Waals surface area (Å²) in [6.45, 7) is 5.84. The monoisotopic (exact) mass is 453 g/mol. The zero-order chi connectivity index (χ0) is 24.1. The van der Waals surface area contributed by atoms with Gasteiger partial charge in [0, 0.05) is 5.54 Å². The van der Waals surface area contributed by atoms with Gasteiger partial charge in [0.1, 0.15) is 5.76 Å². The first-order valence-electron chi connectivity index (χ1n) is 11.3. The maximum Gasteiger partial charge on any atom is 0.343 e. The lowest BCUT2D eigenvalue weighted by Gasteiger charge is -2.48. The summed E-state index contributed by atoms with van der Waals surface area (Å²) in [7, 11) is 5.58. The molecular formula is C26H35N3O4. The van der Waals surface area contributed by atoms with E-state index in [4.69, 9.17) is 4.74 Å². The Labute approximate surface area is 196 Å². The van der Waals surface area contributed by atoms with Crippen LogP contribution < -0.4 is 5.32 Å². The van der Waals surface area contributed by atoms with Crippen LogP contribution >= 0.6 is 0 Å². The summed E-state index contributed by atoms with van der Waals surface area (Å²) in [6.07, 6.45) is 8.67. The summed E-state index contributed by atoms with van der Waals surface area (Å²) in [6, 6.07) is 10.5. The Morgan fingerprint density at radius 3 is 2.45 bits per heavy atom. The largest absolute Gasteiger partial charge is 0.480 e. The fourth-order valence-electron chi connectivity index (χ4n) is 4.90. The number of amides is 2. The molecule has 1 aromatic rings. The Morgan fingerprint density at radius 2 is 1.88 bits per heavy atom. The van der Waals surface area contributed by atoms with E-state index >= 15 is 0 Å². The summed E-state index contributed by atoms with van der Waals surface area (Å²) in [5.41, 5.74) is 1.63. The lowest BCUT2D eigenvalue weighted by atomic mass is 9.69. The van der Waals surface area contributed by atoms with Crippen molar-refractivity contribution in [2.24, 2.45) is 0 Å². The molecule has 2 aliphatic rings. The van der Waals surface area contributed by atoms with Gasteiger partial charge in [0.05, 0.1) is 24.9 Å². The molecule has 0 radical (unpaired) electrons. The summed E-state index contributed by atoms with van der Waals surface area (Å²) in [4.78, 5) is 28.6. The molecule has 1 aliphatic carbocycles. The van der Waals surface area contributed by atoms with E-state index in [1.165, 1.54) is 12.7 Å². The van der Waals surface area contributed by atoms with Crippen molar-refractivity contribution >= 4 is 12.0 Å². The average molecular weight is 454 g/mol. The number of methoxy groups -OCH3 is 1. The Kier molecular flexibility index (Phi) is 7.64. The minimum absolute atomic E-state index is 0.0446. The number of hydrogen-bond donors (Lipinski definition) is 1. The summed E-state index contributed by atoms with van der Waals surface area (Å²) >= 11 is 0. The van der Waals surface area contributed by atoms with Crippen LogP contribution in [0.1, 0.15) is 38.2 Å². The number of rotatable bonds is 8. The molecule has 178 valence electrons. The maximum atomic E-state index is 13.0. The molecule has 1 saturated carbocycles. The molecule has 0 unspecified atom stereocenters. The molecule has 1 spiro atoms. The van der Waals surface area contributed by atoms with E-state index < -0.39 is 5.97 Å². The highest BCUT2D eigenvalue weighted by atomic mass is 16.6. The predicted octanol–water partition coefficient (Wildman–Crippen LogP) is 3.94. The third-order valence-electron chi connectivity index (χ3n) is 7.00. The summed E-state index contributed by atoms with van der Waals surface area (Å²) in [5.74, 6) is -0.0434. The molecular weight excluding hydrogens is 418 g/mol. The Bertz CT molecular complexity index is 928. The van der Waals surface area contributed by atoms with Gasteiger partial charge in [-0.1, -0.05) is 49.1 Å². The molecule has 33 heavy (non-hydrogen) atoms. The Balaban J connectivity index is 1.80. The number of nitrogens with one attached hydrogen (secondary N) is 1. The fourth-order valence-corrected chi connectivity index (χ4v) is 4.90. The van der Waals surface area contributed by atoms with Gasteiger partial charge in [0.25, 0.3) is 0 Å². The number of allylic oxidation sites excluding steroid dienone is 4. The molecule has 0 aromatic heterocycles. The third-order valence-corrected chi connectivity index (χ3v) is 7.00. The van der Waals surface area contributed by atoms with Gasteiger partial charge in [-0.3, -0.25) is 9.80 Å². The van der Waals surface area contributed by atoms with Crippen molar-refractivity contribution in [3.05, 3.63) is 72.2 Å². The van der Waals surface area contributed by atoms with Gasteiger partial charge in [-0.15, -0.1) is 0 Å². The van der Waals surface area contributed by atoms with Gasteiger partial charge < -0.3 is 14.8 Å². The van der Waals surface area contributed by atoms with Crippen molar-refractivity contribution in [2.45, 2.75) is 43.7 Å². The number of benzene rings is 1. The number of ether oxygens (including phenoxy) is 2. The molecule has 1 saturated heterocycles. The molecule has 0 atom stereocenters. The van der Waals surface area contributed by atoms with E-state index in [-0.39, 0.29) is 23.7 Å². The molecule has 1 aromatic carbocycles. The van der Waals surface area contributed by atoms with Gasteiger partial charge in [0.2, 0.25) is 0 Å². The number of urea groups is 1. The maximum absolute atomic E-state index is 13.0. The van der Waals surface area contributed by atoms with E-state index in [1.807, 2.05) is 13.0 Å². The second-order valence-electron chi connectivity index (χ2n) is 9.00. The number of esters is 1. The van der Waals surface area contributed by atoms with Crippen molar-refractivity contribution in [1.29, 1.82) is 0 Å². The van der Waals surface area contributed by atoms with Crippen LogP contribution in [0.15, 0.2) is 66.6 Å². The first kappa shape index (κ1) is 24.6. The molecule has 0 bridgehead atoms. The van der Waals surface area contributed by atoms with E-state index in [0.29, 0.717) is 18.0 Å². The Morgan fingerprint density at radius 1 is 1.21 bits per heavy atom. The quantitative estimate of drug-likeness (QED) is 0.367. The van der Waals surface area contributed by atoms with Gasteiger partial charge >= 0.3 is 12.0 Å². The van der Waals surface area contributed by atoms with Crippen molar-refractivity contribution < 1.29 is 19.1 Å². The van der Waals surface area contributed by atoms with Crippen molar-refractivity contribution in [3.8, 4) is 0 Å². The molecule has 2 fully saturated rings. The first-order valence-corrected chi connectivity index (χ1v) is 11.3. The number of nitrogens with zero attached hydrogens (tertiary/aromatic N) is 2. The van der Waals surface area contributed by atoms with Crippen LogP contribution in [0.4, 0.5) is 4.79 Å². The van der Waals surface area contributed by atoms with Crippen LogP contribution in [0.3, 0.4) is 0 Å². The zero-order valence-electron chi connectivity index (χ0n) is 20.1. The van der Waals surface area contributed by atoms with E-state index in [9.17, 15) is 9.59 Å². The van der Waals surface area contributed by atoms with Gasteiger partial charge in [-0.25, -0.2) is 9.59 Å². The number of carbonyl (C=O) groups excluding carboxylic acids is 2. The van der Waals surface area contributed by atoms with Gasteiger partial charge in [-0.2, -0.15) is 0 Å². The second kappa shape index (κ2) is 10.3. The molecule has 1 aliphatic heterocycles. The van der Waals surface area contributed by atoms with Crippen LogP contribution in [0.2, 0.25) is 0 Å². The molecule has 7 heteroatoms. The highest BCUT2D eigenvalue weighted by Crippen LogP contribution is 2.46. The van der Waals surface area contributed by atoms with Crippen LogP contribution in [0.5, 0.6) is 0 Å². The SMILES string of the molecule is C=C/C=C\C(OCC(=O)OC)=C(/C)N1C[C@]2(CC[C@](c3ccccc3)(N(C)C)CC2)NC1=O. The predicted molar refractivity (Wildman–Crippen MR) is 128 cm³/mol. The lowest BCUT2D eigenvalue weighted by Crippen LogP contribution is -2.54. The van der Waals surface area contributed by atoms with E-state index in [1.54, 1.807) is 23.1 Å². The topological polar surface area (TPSA) is 71.1 Å². The molecule has 2 amide bonds. The molecule has 3 rings (SSSR count). The van der Waals surface area contributed by atoms with Crippen molar-refractivity contribution in [2.75, 3.05) is 34.4 Å². The first-order chi connectivity index (χ1) is 15.8. The lowest BCUT2D eigenvalue weighted by molar-refractivity contribution is -0.144. The van der Waals surface area contributed by atoms with Gasteiger partial charge in [0.15, 0.2) is 6.61 Å². The molecule has 1 N–H and O–H groups in total. The normalized spacial score (nSPS) is 25.8. The zero-order valence-corrected chi connectivity index (χ0v) is 20.1. The number of hydrogen-bond acceptors (Lipinski definition) is 5. The van der Waals surface area contributed by atoms with Gasteiger partial charge in [-0.05, 0) is 58.3 Å². The smallest absolute Gasteiger partial charge is 0.343 e. The van der Waals surface area contributed by atoms with E-state index in [2.05, 4.69) is 59.9 Å². The molecule has 1 heterocycles. The Hall–Kier alpha value is -3.06. The van der Waals surface area contributed by atoms with E-state index in [0.717, 1.165) is 25.7 Å². The van der Waals surface area contributed by atoms with Crippen LogP contribution in [0.25, 0.3) is 0 Å². The standard InChI is InChI=1S/C26H35N3O4/c1-6-7-13-22(33-18-23(30)32-5)20(2)29-19-25(27-24(29)31)14-16-26(17-15-25,28(3)4)21-11-9-8-10-12-21/h6-13H,1,14-19H2,2-5H3,(H,27,31)/b13-7-,22-20-/t25-,26+. The van der Waals surface area contributed by atoms with Crippen molar-refractivity contribution in [3.63, 3.8) is 0 Å². The summed E-state index contributed by atoms with van der Waals surface area (Å²) in [5, 5.41) is 3.26. The third kappa shape index (κ3) is 5.14. The number of carbonyl (C=O) groups is 2. The molecule has 7 nitrogen and oxygen atoms in total. The highest BCUT2D eigenvalue weighted by molar-refractivity contribution is 5.80. The minimum Gasteiger partial charge on any atom is -0.480 e. The fraction of sp³-hybridized carbons (Fsp3) is 0.462. The van der Waals surface area contributed by atoms with Crippen molar-refractivity contribution in [1.82, 2.24) is 15.1 Å². The average Bonchev–Trinajstić information content (AvgIpc) is 3.15. The van der Waals surface area contributed by atoms with Crippen LogP contribution in [-0.2, 0) is 19.8 Å².